The Hall–Kier alpha value is -0.650. The van der Waals surface area contributed by atoms with Gasteiger partial charge in [-0.05, 0) is 68.5 Å². The lowest BCUT2D eigenvalue weighted by Crippen LogP contribution is -2.44. The van der Waals surface area contributed by atoms with Gasteiger partial charge in [-0.1, -0.05) is 59.6 Å². The Labute approximate surface area is 176 Å². The van der Waals surface area contributed by atoms with E-state index in [-0.39, 0.29) is 0 Å². The van der Waals surface area contributed by atoms with Gasteiger partial charge in [0.2, 0.25) is 0 Å². The molecule has 2 heterocycles. The summed E-state index contributed by atoms with van der Waals surface area (Å²) >= 11 is 6.21. The monoisotopic (exact) mass is 488 g/mol. The zero-order chi connectivity index (χ0) is 20.1. The Balaban J connectivity index is 0.000000680. The van der Waals surface area contributed by atoms with Crippen LogP contribution in [0.1, 0.15) is 46.6 Å². The molecule has 1 N–H and O–H groups in total. The van der Waals surface area contributed by atoms with Crippen LogP contribution in [0.3, 0.4) is 0 Å². The smallest absolute Gasteiger partial charge is 0.116 e. The first kappa shape index (κ1) is 25.4. The van der Waals surface area contributed by atoms with Gasteiger partial charge >= 0.3 is 0 Å². The molecule has 0 saturated carbocycles. The van der Waals surface area contributed by atoms with Gasteiger partial charge in [0.25, 0.3) is 0 Å². The summed E-state index contributed by atoms with van der Waals surface area (Å²) < 4.78 is 0. The third kappa shape index (κ3) is 8.83. The summed E-state index contributed by atoms with van der Waals surface area (Å²) in [5, 5.41) is 10.7. The Bertz CT molecular complexity index is 613. The van der Waals surface area contributed by atoms with Crippen LogP contribution in [-0.2, 0) is 6.42 Å². The Morgan fingerprint density at radius 2 is 1.69 bits per heavy atom. The Morgan fingerprint density at radius 1 is 1.12 bits per heavy atom. The molecule has 5 heteroatoms. The van der Waals surface area contributed by atoms with Gasteiger partial charge < -0.3 is 10.0 Å². The third-order valence-corrected chi connectivity index (χ3v) is 3.84. The number of hydrogen-bond acceptors (Lipinski definition) is 3. The van der Waals surface area contributed by atoms with E-state index in [9.17, 15) is 5.11 Å². The van der Waals surface area contributed by atoms with E-state index in [2.05, 4.69) is 68.6 Å². The number of halogens is 2. The number of likely N-dealkylation sites (tertiary alicyclic amines) is 1. The number of benzene rings is 1. The predicted octanol–water partition coefficient (Wildman–Crippen LogP) is 6.40. The summed E-state index contributed by atoms with van der Waals surface area (Å²) in [5.74, 6) is 2.13. The van der Waals surface area contributed by atoms with Gasteiger partial charge in [-0.15, -0.1) is 0 Å². The maximum absolute atomic E-state index is 9.62. The fraction of sp³-hybridized carbons (Fsp3) is 0.571. The number of hydrogen-bond donors (Lipinski definition) is 1. The van der Waals surface area contributed by atoms with Crippen LogP contribution < -0.4 is 0 Å². The molecule has 0 bridgehead atoms. The Kier molecular flexibility index (Phi) is 14.1. The molecule has 1 saturated heterocycles. The Morgan fingerprint density at radius 3 is 2.19 bits per heavy atom. The number of rotatable bonds is 3. The van der Waals surface area contributed by atoms with Crippen LogP contribution in [0.25, 0.3) is 10.9 Å². The molecule has 0 aliphatic carbocycles. The molecule has 3 rings (SSSR count). The molecule has 1 aliphatic rings. The number of phenols is 1. The first-order valence-electron chi connectivity index (χ1n) is 9.30. The lowest BCUT2D eigenvalue weighted by Gasteiger charge is -2.36. The number of aromatic nitrogens is 1. The fourth-order valence-electron chi connectivity index (χ4n) is 2.60. The van der Waals surface area contributed by atoms with Crippen molar-refractivity contribution in [3.63, 3.8) is 0 Å². The molecule has 3 nitrogen and oxygen atoms in total. The number of pyridine rings is 1. The maximum atomic E-state index is 9.62. The minimum Gasteiger partial charge on any atom is -0.508 e. The second-order valence-corrected chi connectivity index (χ2v) is 7.96. The van der Waals surface area contributed by atoms with Crippen molar-refractivity contribution < 1.29 is 5.11 Å². The zero-order valence-electron chi connectivity index (χ0n) is 17.0. The summed E-state index contributed by atoms with van der Waals surface area (Å²) in [6.07, 6.45) is 4.20. The van der Waals surface area contributed by atoms with Crippen molar-refractivity contribution in [3.05, 3.63) is 36.0 Å². The average molecular weight is 490 g/mol. The second kappa shape index (κ2) is 14.4. The zero-order valence-corrected chi connectivity index (χ0v) is 20.1. The topological polar surface area (TPSA) is 36.4 Å². The van der Waals surface area contributed by atoms with E-state index in [4.69, 9.17) is 0 Å². The highest BCUT2D eigenvalue weighted by Gasteiger charge is 2.20. The van der Waals surface area contributed by atoms with Crippen LogP contribution in [-0.4, -0.2) is 44.8 Å². The van der Waals surface area contributed by atoms with Crippen LogP contribution in [0.5, 0.6) is 5.75 Å². The van der Waals surface area contributed by atoms with Gasteiger partial charge in [0.05, 0.1) is 5.52 Å². The molecule has 1 aliphatic heterocycles. The molecule has 1 fully saturated rings. The first-order chi connectivity index (χ1) is 12.5. The van der Waals surface area contributed by atoms with Gasteiger partial charge in [0, 0.05) is 22.5 Å². The van der Waals surface area contributed by atoms with Crippen molar-refractivity contribution in [1.29, 1.82) is 0 Å². The first-order valence-corrected chi connectivity index (χ1v) is 11.8. The van der Waals surface area contributed by atoms with E-state index in [1.54, 1.807) is 6.07 Å². The molecule has 1 atom stereocenters. The van der Waals surface area contributed by atoms with Crippen molar-refractivity contribution in [2.75, 3.05) is 18.9 Å². The molecule has 0 radical (unpaired) electrons. The molecule has 1 aromatic carbocycles. The van der Waals surface area contributed by atoms with Gasteiger partial charge in [0.1, 0.15) is 5.75 Å². The number of fused-ring (bicyclic) bond motifs is 1. The van der Waals surface area contributed by atoms with Crippen molar-refractivity contribution >= 4 is 42.8 Å². The molecular formula is C21H34Br2N2O. The SMILES string of the molecule is CBr.CC.CC(C)Br.C[C@H](Cc1ccnc2ccc(O)cc12)N1CCC1. The molecule has 148 valence electrons. The third-order valence-electron chi connectivity index (χ3n) is 3.84. The van der Waals surface area contributed by atoms with Crippen LogP contribution in [0.2, 0.25) is 0 Å². The van der Waals surface area contributed by atoms with E-state index in [1.807, 2.05) is 38.0 Å². The van der Waals surface area contributed by atoms with E-state index in [0.717, 1.165) is 17.3 Å². The number of phenolic OH excluding ortho intramolecular Hbond substituents is 1. The molecule has 0 unspecified atom stereocenters. The molecular weight excluding hydrogens is 456 g/mol. The van der Waals surface area contributed by atoms with Crippen molar-refractivity contribution in [2.45, 2.75) is 58.3 Å². The number of aromatic hydroxyl groups is 1. The quantitative estimate of drug-likeness (QED) is 0.506. The summed E-state index contributed by atoms with van der Waals surface area (Å²) in [6.45, 7) is 12.9. The second-order valence-electron chi connectivity index (χ2n) is 6.13. The normalized spacial score (nSPS) is 14.0. The van der Waals surface area contributed by atoms with Crippen molar-refractivity contribution in [3.8, 4) is 5.75 Å². The largest absolute Gasteiger partial charge is 0.508 e. The van der Waals surface area contributed by atoms with Gasteiger partial charge in [-0.25, -0.2) is 0 Å². The highest BCUT2D eigenvalue weighted by atomic mass is 79.9. The van der Waals surface area contributed by atoms with Gasteiger partial charge in [0.15, 0.2) is 0 Å². The van der Waals surface area contributed by atoms with Crippen molar-refractivity contribution in [2.24, 2.45) is 0 Å². The lowest BCUT2D eigenvalue weighted by atomic mass is 10.00. The number of nitrogens with zero attached hydrogens (tertiary/aromatic N) is 2. The van der Waals surface area contributed by atoms with E-state index < -0.39 is 0 Å². The summed E-state index contributed by atoms with van der Waals surface area (Å²) in [6, 6.07) is 8.02. The highest BCUT2D eigenvalue weighted by Crippen LogP contribution is 2.24. The van der Waals surface area contributed by atoms with Crippen LogP contribution in [0.4, 0.5) is 0 Å². The van der Waals surface area contributed by atoms with Crippen molar-refractivity contribution in [1.82, 2.24) is 9.88 Å². The molecule has 0 amide bonds. The lowest BCUT2D eigenvalue weighted by molar-refractivity contribution is 0.128. The maximum Gasteiger partial charge on any atom is 0.116 e. The molecule has 0 spiro atoms. The standard InChI is InChI=1S/C15H18N2O.C3H7Br.C2H6.CH3Br/c1-11(17-7-2-8-17)9-12-5-6-16-15-4-3-13(18)10-14(12)15;1-3(2)4;2*1-2/h3-6,10-11,18H,2,7-9H2,1H3;3H,1-2H3;1-2H3;1H3/t11-;;;/m1.../s1. The average Bonchev–Trinajstić information content (AvgIpc) is 2.57. The summed E-state index contributed by atoms with van der Waals surface area (Å²) in [7, 11) is 0. The number of alkyl halides is 2. The minimum atomic E-state index is 0.313. The highest BCUT2D eigenvalue weighted by molar-refractivity contribution is 9.09. The molecule has 2 aromatic rings. The van der Waals surface area contributed by atoms with Gasteiger partial charge in [-0.2, -0.15) is 0 Å². The molecule has 1 aromatic heterocycles. The predicted molar refractivity (Wildman–Crippen MR) is 123 cm³/mol. The van der Waals surface area contributed by atoms with Crippen LogP contribution in [0.15, 0.2) is 30.5 Å². The summed E-state index contributed by atoms with van der Waals surface area (Å²) in [5.41, 5.74) is 2.23. The van der Waals surface area contributed by atoms with Crippen LogP contribution >= 0.6 is 31.9 Å². The minimum absolute atomic E-state index is 0.313. The fourth-order valence-corrected chi connectivity index (χ4v) is 2.60. The van der Waals surface area contributed by atoms with E-state index in [1.165, 1.54) is 25.1 Å². The van der Waals surface area contributed by atoms with E-state index >= 15 is 0 Å². The van der Waals surface area contributed by atoms with Gasteiger partial charge in [-0.3, -0.25) is 4.98 Å². The van der Waals surface area contributed by atoms with E-state index in [0.29, 0.717) is 16.6 Å². The summed E-state index contributed by atoms with van der Waals surface area (Å²) in [4.78, 5) is 7.49. The van der Waals surface area contributed by atoms with Crippen LogP contribution in [0, 0.1) is 0 Å². The molecule has 26 heavy (non-hydrogen) atoms.